The predicted octanol–water partition coefficient (Wildman–Crippen LogP) is -1.29. The summed E-state index contributed by atoms with van der Waals surface area (Å²) < 4.78 is 105. The maximum atomic E-state index is 14.3. The normalized spacial score (nSPS) is 29.5. The number of nitrogens with zero attached hydrogens (tertiary/aromatic N) is 12. The lowest BCUT2D eigenvalue weighted by Crippen LogP contribution is -2.31. The smallest absolute Gasteiger partial charge is 0.386 e. The minimum atomic E-state index is -4.62. The van der Waals surface area contributed by atoms with Crippen molar-refractivity contribution < 1.29 is 70.0 Å². The molecular weight excluding hydrogens is 1180 g/mol. The summed E-state index contributed by atoms with van der Waals surface area (Å²) in [5, 5.41) is 21.0. The summed E-state index contributed by atoms with van der Waals surface area (Å²) in [6.45, 7) is -16.1. The Kier molecular flexibility index (Phi) is 16.3. The molecule has 0 bridgehead atoms. The fraction of sp³-hybridized carbons (Fsp3) is 0.556. The Morgan fingerprint density at radius 1 is 0.544 bits per heavy atom. The fourth-order valence-electron chi connectivity index (χ4n) is 8.97. The number of H-pyrrole nitrogens is 2. The van der Waals surface area contributed by atoms with E-state index in [1.165, 1.54) is 21.8 Å². The third-order valence-corrected chi connectivity index (χ3v) is 17.5. The first-order chi connectivity index (χ1) is 37.4. The number of aliphatic hydroxyl groups excluding tert-OH is 2. The molecular formula is C36H47N18O19P3S3. The summed E-state index contributed by atoms with van der Waals surface area (Å²) in [6, 6.07) is 0. The molecule has 6 aromatic heterocycles. The standard InChI is InChI=1S/C36H47N18O19P3S3/c37-31-43-11-53(35(59)49-31)21-1-13(56)18(68-21)6-64-74(61,77)72-15-3-23(52-10-42-26-28(52)46-34(40)48-30(26)58)69-19(15)7-66-76(63,79)73-16-4-24(54-12-44-32(38)50-36(54)60)70-20(16)8-65-75(62,78)71-14-2-22(67-17(14)5-55)51-9-41-25-27(51)45-33(39)47-29(25)57/h9-24,55-56H,1-8H2,(H,61,77)(H,62,78)(H,63,79)(H2,37,49,59)(H2,38,50,60)(H3,39,45,47,57)(H3,40,46,48,58)/t13-,14-,15-,16-,17-,18-,19-,20-,21-,22-,23-,24-,74?,75?,76?/m1/s1. The van der Waals surface area contributed by atoms with Crippen LogP contribution in [-0.2, 0) is 59.8 Å². The first kappa shape index (κ1) is 57.0. The van der Waals surface area contributed by atoms with Crippen molar-refractivity contribution in [3.63, 3.8) is 0 Å². The van der Waals surface area contributed by atoms with Gasteiger partial charge in [0.05, 0.1) is 45.2 Å². The van der Waals surface area contributed by atoms with E-state index in [1.54, 1.807) is 0 Å². The van der Waals surface area contributed by atoms with Gasteiger partial charge < -0.3 is 52.1 Å². The topological polar surface area (TPSA) is 511 Å². The van der Waals surface area contributed by atoms with Crippen LogP contribution in [0.4, 0.5) is 23.8 Å². The average Bonchev–Trinajstić information content (AvgIpc) is 4.40. The van der Waals surface area contributed by atoms with E-state index in [2.05, 4.69) is 86.6 Å². The van der Waals surface area contributed by atoms with Crippen molar-refractivity contribution in [2.45, 2.75) is 99.4 Å². The molecule has 4 aliphatic heterocycles. The van der Waals surface area contributed by atoms with Gasteiger partial charge in [-0.1, -0.05) is 36.7 Å². The third kappa shape index (κ3) is 12.6. The monoisotopic (exact) mass is 1220 g/mol. The third-order valence-electron chi connectivity index (χ3n) is 12.6. The Morgan fingerprint density at radius 3 is 1.32 bits per heavy atom. The largest absolute Gasteiger partial charge is 0.394 e. The number of aromatic nitrogens is 14. The fourth-order valence-corrected chi connectivity index (χ4v) is 13.5. The van der Waals surface area contributed by atoms with Gasteiger partial charge in [0, 0.05) is 25.7 Å². The number of thiol groups is 3. The van der Waals surface area contributed by atoms with Gasteiger partial charge >= 0.3 is 31.8 Å². The van der Waals surface area contributed by atoms with Gasteiger partial charge in [-0.05, 0) is 0 Å². The molecule has 0 amide bonds. The molecule has 0 spiro atoms. The summed E-state index contributed by atoms with van der Waals surface area (Å²) in [5.74, 6) is -1.07. The molecule has 15 atom stereocenters. The molecule has 4 saturated heterocycles. The number of rotatable bonds is 20. The Labute approximate surface area is 455 Å². The minimum Gasteiger partial charge on any atom is -0.394 e. The van der Waals surface area contributed by atoms with Crippen LogP contribution in [-0.4, -0.2) is 154 Å². The van der Waals surface area contributed by atoms with Crippen molar-refractivity contribution in [2.24, 2.45) is 0 Å². The van der Waals surface area contributed by atoms with Crippen LogP contribution in [0.5, 0.6) is 0 Å². The van der Waals surface area contributed by atoms with Crippen LogP contribution in [0.25, 0.3) is 22.3 Å². The zero-order chi connectivity index (χ0) is 56.3. The molecule has 12 N–H and O–H groups in total. The van der Waals surface area contributed by atoms with Gasteiger partial charge in [0.25, 0.3) is 11.1 Å². The van der Waals surface area contributed by atoms with Crippen molar-refractivity contribution >= 4 is 103 Å². The summed E-state index contributed by atoms with van der Waals surface area (Å²) >= 11 is 12.5. The number of hydrogen-bond acceptors (Lipinski definition) is 31. The number of nitrogen functional groups attached to an aromatic ring is 4. The molecule has 0 aliphatic carbocycles. The lowest BCUT2D eigenvalue weighted by atomic mass is 10.2. The number of imidazole rings is 2. The Bertz CT molecular complexity index is 3670. The van der Waals surface area contributed by atoms with Gasteiger partial charge in [-0.15, -0.1) is 0 Å². The van der Waals surface area contributed by atoms with E-state index in [0.29, 0.717) is 0 Å². The molecule has 0 radical (unpaired) electrons. The van der Waals surface area contributed by atoms with Crippen molar-refractivity contribution in [1.82, 2.24) is 68.1 Å². The molecule has 10 heterocycles. The lowest BCUT2D eigenvalue weighted by Gasteiger charge is -2.26. The van der Waals surface area contributed by atoms with Crippen LogP contribution in [0, 0.1) is 0 Å². The highest BCUT2D eigenvalue weighted by Gasteiger charge is 2.48. The van der Waals surface area contributed by atoms with E-state index < -0.39 is 143 Å². The zero-order valence-corrected chi connectivity index (χ0v) is 45.5. The second-order valence-electron chi connectivity index (χ2n) is 17.8. The van der Waals surface area contributed by atoms with Crippen molar-refractivity contribution in [2.75, 3.05) is 49.4 Å². The molecule has 3 unspecified atom stereocenters. The molecule has 428 valence electrons. The minimum absolute atomic E-state index is 0.0158. The molecule has 4 fully saturated rings. The van der Waals surface area contributed by atoms with E-state index in [1.807, 2.05) is 0 Å². The summed E-state index contributed by atoms with van der Waals surface area (Å²) in [4.78, 5) is 86.3. The summed E-state index contributed by atoms with van der Waals surface area (Å²) in [7, 11) is 0. The first-order valence-corrected chi connectivity index (χ1v) is 31.2. The van der Waals surface area contributed by atoms with Crippen LogP contribution in [0.15, 0.2) is 44.5 Å². The Hall–Kier alpha value is -5.22. The number of fused-ring (bicyclic) bond motifs is 2. The summed E-state index contributed by atoms with van der Waals surface area (Å²) in [6.07, 6.45) is -10.4. The lowest BCUT2D eigenvalue weighted by molar-refractivity contribution is -0.0528. The quantitative estimate of drug-likeness (QED) is 0.0313. The maximum absolute atomic E-state index is 14.3. The number of nitrogens with one attached hydrogen (secondary N) is 2. The van der Waals surface area contributed by atoms with Gasteiger partial charge in [0.1, 0.15) is 80.3 Å². The van der Waals surface area contributed by atoms with Crippen LogP contribution in [0.1, 0.15) is 50.6 Å². The van der Waals surface area contributed by atoms with E-state index in [-0.39, 0.29) is 71.8 Å². The van der Waals surface area contributed by atoms with Gasteiger partial charge in [-0.3, -0.25) is 65.0 Å². The summed E-state index contributed by atoms with van der Waals surface area (Å²) in [5.41, 5.74) is 19.6. The van der Waals surface area contributed by atoms with Crippen molar-refractivity contribution in [3.8, 4) is 0 Å². The first-order valence-electron chi connectivity index (χ1n) is 23.2. The van der Waals surface area contributed by atoms with E-state index in [0.717, 1.165) is 21.8 Å². The van der Waals surface area contributed by atoms with Crippen LogP contribution in [0.2, 0.25) is 0 Å². The van der Waals surface area contributed by atoms with Gasteiger partial charge in [0.2, 0.25) is 23.8 Å². The van der Waals surface area contributed by atoms with Crippen molar-refractivity contribution in [1.29, 1.82) is 0 Å². The molecule has 37 nitrogen and oxygen atoms in total. The molecule has 79 heavy (non-hydrogen) atoms. The van der Waals surface area contributed by atoms with Crippen molar-refractivity contribution in [3.05, 3.63) is 67.0 Å². The number of aliphatic hydroxyl groups is 2. The van der Waals surface area contributed by atoms with E-state index in [9.17, 15) is 43.1 Å². The maximum Gasteiger partial charge on any atom is 0.386 e. The highest BCUT2D eigenvalue weighted by molar-refractivity contribution is 8.45. The Morgan fingerprint density at radius 2 is 0.899 bits per heavy atom. The Balaban J connectivity index is 0.829. The molecule has 6 aromatic rings. The second kappa shape index (κ2) is 22.6. The molecule has 4 aliphatic rings. The number of anilines is 4. The van der Waals surface area contributed by atoms with Crippen LogP contribution in [0.3, 0.4) is 0 Å². The highest BCUT2D eigenvalue weighted by atomic mass is 32.7. The molecule has 43 heteroatoms. The molecule has 0 aromatic carbocycles. The molecule has 0 saturated carbocycles. The SMILES string of the molecule is Nc1ncn([C@H]2C[C@@H](O)[C@@H](COP(=O)(S)O[C@@H]3C[C@H](n4cnc5c(=O)[nH]c(N)nc54)O[C@@H]3COP(=O)(S)O[C@@H]3C[C@H](n4cnc(N)nc4=O)O[C@@H]3COP(=O)(S)O[C@@H]3C[C@H](n4cnc5c(=O)[nH]c(N)nc54)O[C@@H]3CO)O2)c(=O)n1. The van der Waals surface area contributed by atoms with Gasteiger partial charge in [-0.2, -0.15) is 19.9 Å². The number of aromatic amines is 2. The average molecular weight is 1230 g/mol. The number of hydrogen-bond donors (Lipinski definition) is 11. The van der Waals surface area contributed by atoms with E-state index in [4.69, 9.17) is 69.0 Å². The highest BCUT2D eigenvalue weighted by Crippen LogP contribution is 2.60. The molecule has 10 rings (SSSR count). The second-order valence-corrected chi connectivity index (χ2v) is 26.4. The zero-order valence-electron chi connectivity index (χ0n) is 40.1. The van der Waals surface area contributed by atoms with E-state index >= 15 is 0 Å². The van der Waals surface area contributed by atoms with Crippen LogP contribution >= 0.6 is 57.1 Å². The van der Waals surface area contributed by atoms with Crippen LogP contribution < -0.4 is 45.4 Å². The number of ether oxygens (including phenoxy) is 4. The predicted molar refractivity (Wildman–Crippen MR) is 276 cm³/mol. The number of nitrogens with two attached hydrogens (primary N) is 4. The van der Waals surface area contributed by atoms with Gasteiger partial charge in [-0.25, -0.2) is 43.2 Å². The van der Waals surface area contributed by atoms with Gasteiger partial charge in [0.15, 0.2) is 22.3 Å².